The Kier molecular flexibility index (Phi) is 5.58. The molecule has 1 amide bonds. The van der Waals surface area contributed by atoms with Crippen LogP contribution < -0.4 is 10.9 Å². The first-order valence-corrected chi connectivity index (χ1v) is 9.51. The molecule has 4 aromatic rings. The number of aromatic nitrogens is 3. The Hall–Kier alpha value is -3.52. The molecule has 4 rings (SSSR count). The van der Waals surface area contributed by atoms with Crippen molar-refractivity contribution in [2.45, 2.75) is 19.5 Å². The average molecular weight is 427 g/mol. The van der Waals surface area contributed by atoms with Crippen LogP contribution >= 0.6 is 11.6 Å². The van der Waals surface area contributed by atoms with Crippen molar-refractivity contribution in [3.05, 3.63) is 81.6 Å². The second-order valence-electron chi connectivity index (χ2n) is 6.58. The Balaban J connectivity index is 1.45. The maximum atomic E-state index is 13.1. The molecule has 0 spiro atoms. The van der Waals surface area contributed by atoms with Crippen LogP contribution in [0.25, 0.3) is 22.4 Å². The SMILES string of the molecule is O=C(CCn1cnc2c(-c3ccc(F)cc3)noc2c1=O)NCc1ccccc1Cl. The van der Waals surface area contributed by atoms with Crippen molar-refractivity contribution < 1.29 is 13.7 Å². The molecule has 30 heavy (non-hydrogen) atoms. The van der Waals surface area contributed by atoms with Gasteiger partial charge in [-0.3, -0.25) is 14.2 Å². The number of nitrogens with zero attached hydrogens (tertiary/aromatic N) is 3. The van der Waals surface area contributed by atoms with Crippen LogP contribution in [0.4, 0.5) is 4.39 Å². The van der Waals surface area contributed by atoms with E-state index in [2.05, 4.69) is 15.5 Å². The van der Waals surface area contributed by atoms with Crippen molar-refractivity contribution in [2.24, 2.45) is 0 Å². The molecule has 0 bridgehead atoms. The lowest BCUT2D eigenvalue weighted by atomic mass is 10.1. The van der Waals surface area contributed by atoms with E-state index < -0.39 is 5.56 Å². The molecule has 0 atom stereocenters. The zero-order valence-electron chi connectivity index (χ0n) is 15.6. The normalized spacial score (nSPS) is 11.0. The maximum Gasteiger partial charge on any atom is 0.299 e. The van der Waals surface area contributed by atoms with E-state index >= 15 is 0 Å². The molecule has 2 heterocycles. The van der Waals surface area contributed by atoms with Gasteiger partial charge in [0.1, 0.15) is 17.0 Å². The lowest BCUT2D eigenvalue weighted by molar-refractivity contribution is -0.121. The highest BCUT2D eigenvalue weighted by atomic mass is 35.5. The molecular weight excluding hydrogens is 411 g/mol. The molecule has 0 unspecified atom stereocenters. The van der Waals surface area contributed by atoms with Crippen LogP contribution in [0.5, 0.6) is 0 Å². The van der Waals surface area contributed by atoms with E-state index in [4.69, 9.17) is 16.1 Å². The summed E-state index contributed by atoms with van der Waals surface area (Å²) in [4.78, 5) is 29.0. The minimum atomic E-state index is -0.445. The Bertz CT molecular complexity index is 1270. The average Bonchev–Trinajstić information content (AvgIpc) is 3.18. The second kappa shape index (κ2) is 8.46. The minimum Gasteiger partial charge on any atom is -0.352 e. The van der Waals surface area contributed by atoms with Crippen LogP contribution in [0.1, 0.15) is 12.0 Å². The molecule has 0 aliphatic carbocycles. The lowest BCUT2D eigenvalue weighted by Crippen LogP contribution is -2.27. The largest absolute Gasteiger partial charge is 0.352 e. The van der Waals surface area contributed by atoms with Gasteiger partial charge in [-0.15, -0.1) is 0 Å². The van der Waals surface area contributed by atoms with Crippen molar-refractivity contribution in [3.8, 4) is 11.3 Å². The summed E-state index contributed by atoms with van der Waals surface area (Å²) in [6.45, 7) is 0.427. The number of hydrogen-bond donors (Lipinski definition) is 1. The van der Waals surface area contributed by atoms with Crippen LogP contribution in [0.2, 0.25) is 5.02 Å². The molecule has 0 radical (unpaired) electrons. The number of amides is 1. The van der Waals surface area contributed by atoms with Gasteiger partial charge >= 0.3 is 0 Å². The molecule has 152 valence electrons. The third kappa shape index (κ3) is 4.08. The van der Waals surface area contributed by atoms with E-state index in [0.717, 1.165) is 5.56 Å². The predicted octanol–water partition coefficient (Wildman–Crippen LogP) is 3.55. The third-order valence-electron chi connectivity index (χ3n) is 4.58. The summed E-state index contributed by atoms with van der Waals surface area (Å²) < 4.78 is 19.6. The number of hydrogen-bond acceptors (Lipinski definition) is 5. The van der Waals surface area contributed by atoms with Gasteiger partial charge in [-0.25, -0.2) is 9.37 Å². The summed E-state index contributed by atoms with van der Waals surface area (Å²) in [5.41, 5.74) is 1.56. The second-order valence-corrected chi connectivity index (χ2v) is 6.98. The fourth-order valence-electron chi connectivity index (χ4n) is 2.96. The van der Waals surface area contributed by atoms with Gasteiger partial charge in [0.15, 0.2) is 0 Å². The standard InChI is InChI=1S/C21H16ClFN4O3/c22-16-4-2-1-3-14(16)11-24-17(28)9-10-27-12-25-19-18(26-30-20(19)21(27)29)13-5-7-15(23)8-6-13/h1-8,12H,9-11H2,(H,24,28). The summed E-state index contributed by atoms with van der Waals surface area (Å²) >= 11 is 6.07. The number of nitrogens with one attached hydrogen (secondary N) is 1. The first kappa shape index (κ1) is 19.8. The molecule has 2 aromatic carbocycles. The topological polar surface area (TPSA) is 90.0 Å². The van der Waals surface area contributed by atoms with Gasteiger partial charge in [0.05, 0.1) is 6.33 Å². The van der Waals surface area contributed by atoms with Crippen LogP contribution in [-0.2, 0) is 17.9 Å². The Morgan fingerprint density at radius 2 is 1.93 bits per heavy atom. The Morgan fingerprint density at radius 3 is 2.70 bits per heavy atom. The molecular formula is C21H16ClFN4O3. The monoisotopic (exact) mass is 426 g/mol. The van der Waals surface area contributed by atoms with Crippen molar-refractivity contribution in [3.63, 3.8) is 0 Å². The number of carbonyl (C=O) groups is 1. The van der Waals surface area contributed by atoms with Crippen LogP contribution in [0.15, 0.2) is 64.2 Å². The van der Waals surface area contributed by atoms with Crippen molar-refractivity contribution in [1.29, 1.82) is 0 Å². The van der Waals surface area contributed by atoms with E-state index in [9.17, 15) is 14.0 Å². The number of aryl methyl sites for hydroxylation is 1. The summed E-state index contributed by atoms with van der Waals surface area (Å²) in [5.74, 6) is -0.610. The number of rotatable bonds is 6. The highest BCUT2D eigenvalue weighted by Crippen LogP contribution is 2.24. The van der Waals surface area contributed by atoms with Crippen LogP contribution in [0.3, 0.4) is 0 Å². The molecule has 0 fully saturated rings. The minimum absolute atomic E-state index is 0.0201. The van der Waals surface area contributed by atoms with E-state index in [1.54, 1.807) is 6.07 Å². The van der Waals surface area contributed by atoms with Gasteiger partial charge in [0.2, 0.25) is 5.91 Å². The van der Waals surface area contributed by atoms with Crippen molar-refractivity contribution in [2.75, 3.05) is 0 Å². The van der Waals surface area contributed by atoms with E-state index in [1.165, 1.54) is 35.2 Å². The number of benzene rings is 2. The van der Waals surface area contributed by atoms with E-state index in [0.29, 0.717) is 22.8 Å². The fourth-order valence-corrected chi connectivity index (χ4v) is 3.16. The van der Waals surface area contributed by atoms with Gasteiger partial charge < -0.3 is 9.84 Å². The molecule has 1 N–H and O–H groups in total. The number of carbonyl (C=O) groups excluding carboxylic acids is 1. The highest BCUT2D eigenvalue weighted by molar-refractivity contribution is 6.31. The lowest BCUT2D eigenvalue weighted by Gasteiger charge is -2.08. The van der Waals surface area contributed by atoms with E-state index in [-0.39, 0.29) is 35.8 Å². The quantitative estimate of drug-likeness (QED) is 0.509. The first-order chi connectivity index (χ1) is 14.5. The zero-order valence-corrected chi connectivity index (χ0v) is 16.4. The highest BCUT2D eigenvalue weighted by Gasteiger charge is 2.17. The zero-order chi connectivity index (χ0) is 21.1. The van der Waals surface area contributed by atoms with Crippen LogP contribution in [0, 0.1) is 5.82 Å². The first-order valence-electron chi connectivity index (χ1n) is 9.14. The smallest absolute Gasteiger partial charge is 0.299 e. The Labute approximate surface area is 175 Å². The molecule has 7 nitrogen and oxygen atoms in total. The number of halogens is 2. The van der Waals surface area contributed by atoms with Gasteiger partial charge in [-0.05, 0) is 35.9 Å². The summed E-state index contributed by atoms with van der Waals surface area (Å²) in [6.07, 6.45) is 1.42. The molecule has 0 saturated heterocycles. The van der Waals surface area contributed by atoms with E-state index in [1.807, 2.05) is 18.2 Å². The van der Waals surface area contributed by atoms with Gasteiger partial charge in [0, 0.05) is 30.1 Å². The Morgan fingerprint density at radius 1 is 1.17 bits per heavy atom. The molecule has 0 aliphatic rings. The third-order valence-corrected chi connectivity index (χ3v) is 4.95. The summed E-state index contributed by atoms with van der Waals surface area (Å²) in [5, 5.41) is 7.24. The molecule has 0 saturated carbocycles. The fraction of sp³-hybridized carbons (Fsp3) is 0.143. The summed E-state index contributed by atoms with van der Waals surface area (Å²) in [6, 6.07) is 12.9. The molecule has 0 aliphatic heterocycles. The molecule has 9 heteroatoms. The molecule has 2 aromatic heterocycles. The van der Waals surface area contributed by atoms with Gasteiger partial charge in [-0.2, -0.15) is 0 Å². The summed E-state index contributed by atoms with van der Waals surface area (Å²) in [7, 11) is 0. The van der Waals surface area contributed by atoms with Gasteiger partial charge in [-0.1, -0.05) is 35.0 Å². The maximum absolute atomic E-state index is 13.1. The van der Waals surface area contributed by atoms with Crippen molar-refractivity contribution in [1.82, 2.24) is 20.0 Å². The van der Waals surface area contributed by atoms with Gasteiger partial charge in [0.25, 0.3) is 11.1 Å². The van der Waals surface area contributed by atoms with Crippen LogP contribution in [-0.4, -0.2) is 20.6 Å². The number of fused-ring (bicyclic) bond motifs is 1. The van der Waals surface area contributed by atoms with Crippen molar-refractivity contribution >= 4 is 28.6 Å². The predicted molar refractivity (Wildman–Crippen MR) is 109 cm³/mol.